The molecule has 1 aliphatic rings. The van der Waals surface area contributed by atoms with E-state index in [-0.39, 0.29) is 0 Å². The van der Waals surface area contributed by atoms with Crippen molar-refractivity contribution in [1.29, 1.82) is 0 Å². The summed E-state index contributed by atoms with van der Waals surface area (Å²) in [6.07, 6.45) is 3.90. The minimum atomic E-state index is 1.10. The summed E-state index contributed by atoms with van der Waals surface area (Å²) in [5, 5.41) is 4.82. The minimum absolute atomic E-state index is 1.10. The molecule has 0 saturated heterocycles. The smallest absolute Gasteiger partial charge is 0.0571 e. The second-order valence-corrected chi connectivity index (χ2v) is 14.8. The van der Waals surface area contributed by atoms with Crippen molar-refractivity contribution in [3.63, 3.8) is 0 Å². The largest absolute Gasteiger partial charge is 0.309 e. The van der Waals surface area contributed by atoms with Crippen LogP contribution in [0.15, 0.2) is 200 Å². The summed E-state index contributed by atoms with van der Waals surface area (Å²) >= 11 is 0. The number of para-hydroxylation sites is 3. The summed E-state index contributed by atoms with van der Waals surface area (Å²) in [6, 6.07) is 69.1. The molecule has 0 fully saturated rings. The van der Waals surface area contributed by atoms with E-state index >= 15 is 0 Å². The molecule has 0 unspecified atom stereocenters. The van der Waals surface area contributed by atoms with Crippen molar-refractivity contribution in [3.8, 4) is 67.0 Å². The molecule has 0 bridgehead atoms. The van der Waals surface area contributed by atoms with Gasteiger partial charge in [0, 0.05) is 45.3 Å². The van der Waals surface area contributed by atoms with Crippen LogP contribution in [0, 0.1) is 0 Å². The Kier molecular flexibility index (Phi) is 6.63. The van der Waals surface area contributed by atoms with Crippen molar-refractivity contribution >= 4 is 43.6 Å². The van der Waals surface area contributed by atoms with Gasteiger partial charge in [-0.15, -0.1) is 0 Å². The first-order valence-electron chi connectivity index (χ1n) is 19.2. The Morgan fingerprint density at radius 3 is 1.18 bits per heavy atom. The van der Waals surface area contributed by atoms with Crippen molar-refractivity contribution in [1.82, 2.24) is 14.1 Å². The molecule has 0 N–H and O–H groups in total. The maximum absolute atomic E-state index is 4.55. The van der Waals surface area contributed by atoms with E-state index in [0.717, 1.165) is 38.9 Å². The summed E-state index contributed by atoms with van der Waals surface area (Å²) in [5.41, 5.74) is 19.1. The van der Waals surface area contributed by atoms with Gasteiger partial charge in [0.05, 0.1) is 22.1 Å². The summed E-state index contributed by atoms with van der Waals surface area (Å²) in [4.78, 5) is 4.55. The van der Waals surface area contributed by atoms with Crippen molar-refractivity contribution in [3.05, 3.63) is 200 Å². The summed E-state index contributed by atoms with van der Waals surface area (Å²) < 4.78 is 4.84. The van der Waals surface area contributed by atoms with Gasteiger partial charge in [0.25, 0.3) is 0 Å². The van der Waals surface area contributed by atoms with Crippen molar-refractivity contribution < 1.29 is 0 Å². The van der Waals surface area contributed by atoms with E-state index < -0.39 is 0 Å². The molecule has 0 spiro atoms. The lowest BCUT2D eigenvalue weighted by molar-refractivity contribution is 1.13. The summed E-state index contributed by atoms with van der Waals surface area (Å²) in [7, 11) is 0. The van der Waals surface area contributed by atoms with Crippen LogP contribution < -0.4 is 0 Å². The lowest BCUT2D eigenvalue weighted by Gasteiger charge is -2.24. The Labute approximate surface area is 324 Å². The number of rotatable bonds is 3. The Hall–Kier alpha value is -7.49. The second-order valence-electron chi connectivity index (χ2n) is 14.8. The molecule has 0 saturated carbocycles. The maximum Gasteiger partial charge on any atom is 0.0571 e. The topological polar surface area (TPSA) is 22.8 Å². The monoisotopic (exact) mass is 711 g/mol. The average molecular weight is 712 g/mol. The van der Waals surface area contributed by atoms with Crippen LogP contribution in [-0.4, -0.2) is 14.1 Å². The van der Waals surface area contributed by atoms with Crippen LogP contribution >= 0.6 is 0 Å². The fourth-order valence-electron chi connectivity index (χ4n) is 9.35. The normalized spacial score (nSPS) is 11.9. The first-order valence-corrected chi connectivity index (χ1v) is 19.2. The number of fused-ring (bicyclic) bond motifs is 14. The zero-order valence-corrected chi connectivity index (χ0v) is 30.4. The van der Waals surface area contributed by atoms with Crippen LogP contribution in [0.1, 0.15) is 0 Å². The van der Waals surface area contributed by atoms with Gasteiger partial charge in [-0.25, -0.2) is 0 Å². The Morgan fingerprint density at radius 2 is 0.679 bits per heavy atom. The molecule has 1 aliphatic carbocycles. The Balaban J connectivity index is 1.17. The highest BCUT2D eigenvalue weighted by atomic mass is 15.0. The predicted octanol–water partition coefficient (Wildman–Crippen LogP) is 13.9. The molecule has 3 nitrogen and oxygen atoms in total. The third-order valence-corrected chi connectivity index (χ3v) is 11.8. The molecule has 56 heavy (non-hydrogen) atoms. The molecule has 3 aromatic heterocycles. The number of pyridine rings is 1. The van der Waals surface area contributed by atoms with E-state index in [2.05, 4.69) is 202 Å². The molecular formula is C53H33N3. The van der Waals surface area contributed by atoms with Crippen LogP contribution in [0.5, 0.6) is 0 Å². The van der Waals surface area contributed by atoms with Crippen molar-refractivity contribution in [2.24, 2.45) is 0 Å². The fourth-order valence-corrected chi connectivity index (χ4v) is 9.35. The molecule has 3 heterocycles. The highest BCUT2D eigenvalue weighted by Gasteiger charge is 2.23. The zero-order valence-electron chi connectivity index (χ0n) is 30.4. The van der Waals surface area contributed by atoms with Gasteiger partial charge < -0.3 is 9.13 Å². The molecule has 12 rings (SSSR count). The number of benzene rings is 8. The predicted molar refractivity (Wildman–Crippen MR) is 234 cm³/mol. The molecule has 3 heteroatoms. The van der Waals surface area contributed by atoms with Gasteiger partial charge in [0.2, 0.25) is 0 Å². The summed E-state index contributed by atoms with van der Waals surface area (Å²) in [5.74, 6) is 0. The first-order chi connectivity index (χ1) is 27.8. The highest BCUT2D eigenvalue weighted by Crippen LogP contribution is 2.49. The molecule has 0 aliphatic heterocycles. The summed E-state index contributed by atoms with van der Waals surface area (Å²) in [6.45, 7) is 0. The fraction of sp³-hybridized carbons (Fsp3) is 0. The molecule has 0 amide bonds. The molecule has 260 valence electrons. The van der Waals surface area contributed by atoms with Gasteiger partial charge in [0.15, 0.2) is 0 Å². The van der Waals surface area contributed by atoms with Crippen LogP contribution in [0.3, 0.4) is 0 Å². The van der Waals surface area contributed by atoms with E-state index in [9.17, 15) is 0 Å². The van der Waals surface area contributed by atoms with Gasteiger partial charge >= 0.3 is 0 Å². The maximum atomic E-state index is 4.55. The Morgan fingerprint density at radius 1 is 0.286 bits per heavy atom. The van der Waals surface area contributed by atoms with E-state index in [1.165, 1.54) is 71.7 Å². The van der Waals surface area contributed by atoms with Gasteiger partial charge in [-0.05, 0) is 104 Å². The number of nitrogens with zero attached hydrogens (tertiary/aromatic N) is 3. The van der Waals surface area contributed by atoms with Crippen LogP contribution in [0.2, 0.25) is 0 Å². The quantitative estimate of drug-likeness (QED) is 0.179. The lowest BCUT2D eigenvalue weighted by Crippen LogP contribution is -2.01. The second kappa shape index (κ2) is 12.0. The van der Waals surface area contributed by atoms with Gasteiger partial charge in [-0.2, -0.15) is 0 Å². The van der Waals surface area contributed by atoms with E-state index in [1.807, 2.05) is 12.4 Å². The first kappa shape index (κ1) is 30.9. The van der Waals surface area contributed by atoms with E-state index in [4.69, 9.17) is 0 Å². The van der Waals surface area contributed by atoms with E-state index in [1.54, 1.807) is 0 Å². The zero-order chi connectivity index (χ0) is 36.7. The standard InChI is InChI=1S/C53H33N3/c1-2-14-39-38(13-1)40-15-3-4-17-42(40)44-26-25-34(31-48(44)43-18-6-5-16-41(39)43)35-29-36(55-50-22-10-7-19-45(50)46-20-8-11-23-51(46)55)32-37(30-35)56-52-24-12-9-21-47(52)49-33-54-28-27-53(49)56/h1-33H. The third kappa shape index (κ3) is 4.49. The molecule has 8 aromatic carbocycles. The SMILES string of the molecule is c1ccc2c(c1)-c1ccccc1-c1ccc(-c3cc(-n4c5ccccc5c5ccccc54)cc(-n4c5ccccc5c5cnccc54)c3)cc1-c1ccccc1-2. The van der Waals surface area contributed by atoms with Gasteiger partial charge in [0.1, 0.15) is 0 Å². The molecular weight excluding hydrogens is 679 g/mol. The van der Waals surface area contributed by atoms with Crippen molar-refractivity contribution in [2.45, 2.75) is 0 Å². The van der Waals surface area contributed by atoms with Crippen LogP contribution in [0.4, 0.5) is 0 Å². The number of hydrogen-bond donors (Lipinski definition) is 0. The van der Waals surface area contributed by atoms with Crippen LogP contribution in [-0.2, 0) is 0 Å². The minimum Gasteiger partial charge on any atom is -0.309 e. The number of aromatic nitrogens is 3. The highest BCUT2D eigenvalue weighted by molar-refractivity contribution is 6.11. The van der Waals surface area contributed by atoms with E-state index in [0.29, 0.717) is 0 Å². The molecule has 0 radical (unpaired) electrons. The van der Waals surface area contributed by atoms with Crippen LogP contribution in [0.25, 0.3) is 111 Å². The molecule has 11 aromatic rings. The lowest BCUT2D eigenvalue weighted by atomic mass is 9.80. The van der Waals surface area contributed by atoms with Gasteiger partial charge in [-0.3, -0.25) is 4.98 Å². The number of hydrogen-bond acceptors (Lipinski definition) is 1. The van der Waals surface area contributed by atoms with Gasteiger partial charge in [-0.1, -0.05) is 140 Å². The van der Waals surface area contributed by atoms with Crippen molar-refractivity contribution in [2.75, 3.05) is 0 Å². The third-order valence-electron chi connectivity index (χ3n) is 11.8. The average Bonchev–Trinajstić information content (AvgIpc) is 3.79. The Bertz CT molecular complexity index is 3130. The molecule has 0 atom stereocenters.